The van der Waals surface area contributed by atoms with Crippen LogP contribution in [-0.4, -0.2) is 48.3 Å². The van der Waals surface area contributed by atoms with E-state index in [1.54, 1.807) is 0 Å². The molecule has 1 aliphatic carbocycles. The number of hydrogen-bond acceptors (Lipinski definition) is 3. The van der Waals surface area contributed by atoms with E-state index < -0.39 is 0 Å². The molecule has 1 rings (SSSR count). The van der Waals surface area contributed by atoms with E-state index in [4.69, 9.17) is 0 Å². The molecular formula is C13H27N3OS. The topological polar surface area (TPSA) is 56.7 Å². The van der Waals surface area contributed by atoms with Crippen LogP contribution in [0, 0.1) is 0 Å². The van der Waals surface area contributed by atoms with Crippen LogP contribution in [0.1, 0.15) is 39.0 Å². The van der Waals surface area contributed by atoms with Gasteiger partial charge in [-0.3, -0.25) is 4.99 Å². The summed E-state index contributed by atoms with van der Waals surface area (Å²) >= 11 is 1.86. The van der Waals surface area contributed by atoms with Gasteiger partial charge in [-0.15, -0.1) is 0 Å². The smallest absolute Gasteiger partial charge is 0.191 e. The molecular weight excluding hydrogens is 246 g/mol. The van der Waals surface area contributed by atoms with Crippen molar-refractivity contribution < 1.29 is 5.11 Å². The molecule has 1 saturated carbocycles. The molecule has 0 aromatic rings. The Morgan fingerprint density at radius 1 is 1.33 bits per heavy atom. The van der Waals surface area contributed by atoms with E-state index in [0.29, 0.717) is 6.04 Å². The Labute approximate surface area is 115 Å². The molecule has 0 spiro atoms. The van der Waals surface area contributed by atoms with Gasteiger partial charge >= 0.3 is 0 Å². The van der Waals surface area contributed by atoms with E-state index in [0.717, 1.165) is 51.2 Å². The van der Waals surface area contributed by atoms with Crippen molar-refractivity contribution in [2.45, 2.75) is 51.2 Å². The molecule has 5 heteroatoms. The van der Waals surface area contributed by atoms with Gasteiger partial charge in [0, 0.05) is 19.1 Å². The van der Waals surface area contributed by atoms with Crippen molar-refractivity contribution in [3.8, 4) is 0 Å². The predicted octanol–water partition coefficient (Wildman–Crippen LogP) is 1.60. The van der Waals surface area contributed by atoms with Crippen LogP contribution < -0.4 is 10.6 Å². The lowest BCUT2D eigenvalue weighted by Crippen LogP contribution is -2.45. The lowest BCUT2D eigenvalue weighted by molar-refractivity contribution is 0.120. The molecule has 0 heterocycles. The normalized spacial score (nSPS) is 24.9. The van der Waals surface area contributed by atoms with Crippen molar-refractivity contribution in [2.24, 2.45) is 4.99 Å². The summed E-state index contributed by atoms with van der Waals surface area (Å²) in [6.07, 6.45) is 7.05. The SMILES string of the molecule is CCNC(=NCCCSC)NC1CCC(O)CC1. The second-order valence-electron chi connectivity index (χ2n) is 4.76. The van der Waals surface area contributed by atoms with Gasteiger partial charge in [0.2, 0.25) is 0 Å². The number of aliphatic hydroxyl groups is 1. The fourth-order valence-corrected chi connectivity index (χ4v) is 2.55. The summed E-state index contributed by atoms with van der Waals surface area (Å²) < 4.78 is 0. The maximum absolute atomic E-state index is 9.49. The second-order valence-corrected chi connectivity index (χ2v) is 5.74. The van der Waals surface area contributed by atoms with Gasteiger partial charge in [-0.25, -0.2) is 0 Å². The highest BCUT2D eigenvalue weighted by atomic mass is 32.2. The molecule has 0 aromatic carbocycles. The summed E-state index contributed by atoms with van der Waals surface area (Å²) in [4.78, 5) is 4.58. The first-order chi connectivity index (χ1) is 8.76. The van der Waals surface area contributed by atoms with Gasteiger partial charge in [0.1, 0.15) is 0 Å². The average molecular weight is 273 g/mol. The quantitative estimate of drug-likeness (QED) is 0.391. The Bertz CT molecular complexity index is 240. The molecule has 0 aliphatic heterocycles. The van der Waals surface area contributed by atoms with E-state index in [9.17, 15) is 5.11 Å². The molecule has 0 radical (unpaired) electrons. The van der Waals surface area contributed by atoms with Gasteiger partial charge < -0.3 is 15.7 Å². The van der Waals surface area contributed by atoms with Crippen molar-refractivity contribution in [3.63, 3.8) is 0 Å². The number of nitrogens with zero attached hydrogens (tertiary/aromatic N) is 1. The van der Waals surface area contributed by atoms with Crippen LogP contribution in [0.4, 0.5) is 0 Å². The van der Waals surface area contributed by atoms with Gasteiger partial charge in [0.25, 0.3) is 0 Å². The first-order valence-corrected chi connectivity index (χ1v) is 8.37. The number of aliphatic imine (C=N–C) groups is 1. The summed E-state index contributed by atoms with van der Waals surface area (Å²) in [7, 11) is 0. The van der Waals surface area contributed by atoms with E-state index in [2.05, 4.69) is 28.8 Å². The first-order valence-electron chi connectivity index (χ1n) is 6.98. The lowest BCUT2D eigenvalue weighted by Gasteiger charge is -2.27. The minimum atomic E-state index is -0.0934. The number of guanidine groups is 1. The lowest BCUT2D eigenvalue weighted by atomic mass is 9.93. The fraction of sp³-hybridized carbons (Fsp3) is 0.923. The van der Waals surface area contributed by atoms with Crippen molar-refractivity contribution in [1.82, 2.24) is 10.6 Å². The first kappa shape index (κ1) is 15.6. The molecule has 106 valence electrons. The standard InChI is InChI=1S/C13H27N3OS/c1-3-14-13(15-9-4-10-18-2)16-11-5-7-12(17)8-6-11/h11-12,17H,3-10H2,1-2H3,(H2,14,15,16). The summed E-state index contributed by atoms with van der Waals surface area (Å²) in [6.45, 7) is 3.86. The Morgan fingerprint density at radius 3 is 2.67 bits per heavy atom. The van der Waals surface area contributed by atoms with Crippen molar-refractivity contribution in [2.75, 3.05) is 25.1 Å². The molecule has 3 N–H and O–H groups in total. The van der Waals surface area contributed by atoms with Gasteiger partial charge in [-0.2, -0.15) is 11.8 Å². The fourth-order valence-electron chi connectivity index (χ4n) is 2.13. The van der Waals surface area contributed by atoms with Crippen LogP contribution in [0.3, 0.4) is 0 Å². The van der Waals surface area contributed by atoms with Crippen LogP contribution in [0.2, 0.25) is 0 Å². The van der Waals surface area contributed by atoms with Crippen LogP contribution in [0.15, 0.2) is 4.99 Å². The van der Waals surface area contributed by atoms with Gasteiger partial charge in [-0.05, 0) is 51.0 Å². The molecule has 18 heavy (non-hydrogen) atoms. The Balaban J connectivity index is 2.31. The number of thioether (sulfide) groups is 1. The number of aliphatic hydroxyl groups excluding tert-OH is 1. The van der Waals surface area contributed by atoms with Crippen LogP contribution in [0.25, 0.3) is 0 Å². The van der Waals surface area contributed by atoms with Gasteiger partial charge in [-0.1, -0.05) is 0 Å². The van der Waals surface area contributed by atoms with E-state index in [1.165, 1.54) is 5.75 Å². The number of rotatable bonds is 6. The molecule has 1 fully saturated rings. The highest BCUT2D eigenvalue weighted by Gasteiger charge is 2.19. The van der Waals surface area contributed by atoms with Crippen molar-refractivity contribution in [3.05, 3.63) is 0 Å². The Hall–Kier alpha value is -0.420. The molecule has 4 nitrogen and oxygen atoms in total. The predicted molar refractivity (Wildman–Crippen MR) is 80.4 cm³/mol. The highest BCUT2D eigenvalue weighted by molar-refractivity contribution is 7.98. The maximum atomic E-state index is 9.49. The molecule has 0 saturated heterocycles. The van der Waals surface area contributed by atoms with Crippen LogP contribution >= 0.6 is 11.8 Å². The molecule has 1 aliphatic rings. The van der Waals surface area contributed by atoms with E-state index >= 15 is 0 Å². The van der Waals surface area contributed by atoms with Crippen LogP contribution in [-0.2, 0) is 0 Å². The summed E-state index contributed by atoms with van der Waals surface area (Å²) in [5.74, 6) is 2.10. The van der Waals surface area contributed by atoms with Gasteiger partial charge in [0.15, 0.2) is 5.96 Å². The van der Waals surface area contributed by atoms with E-state index in [-0.39, 0.29) is 6.10 Å². The zero-order valence-electron chi connectivity index (χ0n) is 11.6. The van der Waals surface area contributed by atoms with E-state index in [1.807, 2.05) is 11.8 Å². The minimum Gasteiger partial charge on any atom is -0.393 e. The third-order valence-electron chi connectivity index (χ3n) is 3.16. The number of hydrogen-bond donors (Lipinski definition) is 3. The van der Waals surface area contributed by atoms with Gasteiger partial charge in [0.05, 0.1) is 6.10 Å². The molecule has 0 atom stereocenters. The van der Waals surface area contributed by atoms with Crippen molar-refractivity contribution >= 4 is 17.7 Å². The van der Waals surface area contributed by atoms with Crippen molar-refractivity contribution in [1.29, 1.82) is 0 Å². The largest absolute Gasteiger partial charge is 0.393 e. The zero-order chi connectivity index (χ0) is 13.2. The molecule has 0 amide bonds. The summed E-state index contributed by atoms with van der Waals surface area (Å²) in [6, 6.07) is 0.465. The molecule has 0 unspecified atom stereocenters. The third kappa shape index (κ3) is 6.50. The highest BCUT2D eigenvalue weighted by Crippen LogP contribution is 2.18. The van der Waals surface area contributed by atoms with Crippen LogP contribution in [0.5, 0.6) is 0 Å². The zero-order valence-corrected chi connectivity index (χ0v) is 12.4. The molecule has 0 aromatic heterocycles. The number of nitrogens with one attached hydrogen (secondary N) is 2. The summed E-state index contributed by atoms with van der Waals surface area (Å²) in [5, 5.41) is 16.3. The summed E-state index contributed by atoms with van der Waals surface area (Å²) in [5.41, 5.74) is 0. The Morgan fingerprint density at radius 2 is 2.06 bits per heavy atom. The monoisotopic (exact) mass is 273 g/mol. The minimum absolute atomic E-state index is 0.0934. The molecule has 0 bridgehead atoms. The average Bonchev–Trinajstić information content (AvgIpc) is 2.37. The third-order valence-corrected chi connectivity index (χ3v) is 3.86. The second kappa shape index (κ2) is 9.50. The maximum Gasteiger partial charge on any atom is 0.191 e. The Kier molecular flexibility index (Phi) is 8.25.